The molecule has 3 rings (SSSR count). The third kappa shape index (κ3) is 5.79. The molecule has 1 N–H and O–H groups in total. The Morgan fingerprint density at radius 2 is 1.83 bits per heavy atom. The average molecular weight is 465 g/mol. The Kier molecular flexibility index (Phi) is 6.99. The zero-order valence-corrected chi connectivity index (χ0v) is 17.7. The van der Waals surface area contributed by atoms with Gasteiger partial charge in [0.2, 0.25) is 0 Å². The van der Waals surface area contributed by atoms with Gasteiger partial charge in [-0.25, -0.2) is 4.39 Å². The van der Waals surface area contributed by atoms with Gasteiger partial charge < -0.3 is 10.1 Å². The van der Waals surface area contributed by atoms with Gasteiger partial charge in [0, 0.05) is 5.69 Å². The normalized spacial score (nSPS) is 10.9. The van der Waals surface area contributed by atoms with Gasteiger partial charge in [-0.05, 0) is 76.5 Å². The van der Waals surface area contributed by atoms with Gasteiger partial charge >= 0.3 is 0 Å². The van der Waals surface area contributed by atoms with Crippen LogP contribution in [0.3, 0.4) is 0 Å². The number of halogens is 2. The van der Waals surface area contributed by atoms with Crippen molar-refractivity contribution in [2.24, 2.45) is 0 Å². The molecule has 1 amide bonds. The van der Waals surface area contributed by atoms with Gasteiger partial charge in [0.25, 0.3) is 5.91 Å². The van der Waals surface area contributed by atoms with Crippen LogP contribution in [0.1, 0.15) is 16.7 Å². The Hall–Kier alpha value is -3.43. The number of ether oxygens (including phenoxy) is 1. The number of benzene rings is 3. The summed E-state index contributed by atoms with van der Waals surface area (Å²) in [5.41, 5.74) is 3.20. The van der Waals surface area contributed by atoms with Gasteiger partial charge in [0.05, 0.1) is 4.47 Å². The molecule has 0 fully saturated rings. The van der Waals surface area contributed by atoms with Crippen LogP contribution in [-0.2, 0) is 11.4 Å². The highest BCUT2D eigenvalue weighted by atomic mass is 79.9. The fourth-order valence-electron chi connectivity index (χ4n) is 2.62. The molecule has 30 heavy (non-hydrogen) atoms. The summed E-state index contributed by atoms with van der Waals surface area (Å²) in [6.45, 7) is 2.24. The van der Waals surface area contributed by atoms with E-state index in [2.05, 4.69) is 21.2 Å². The van der Waals surface area contributed by atoms with E-state index in [0.717, 1.165) is 11.1 Å². The number of anilines is 1. The minimum Gasteiger partial charge on any atom is -0.488 e. The van der Waals surface area contributed by atoms with Crippen LogP contribution in [0.15, 0.2) is 76.8 Å². The Labute approximate surface area is 182 Å². The summed E-state index contributed by atoms with van der Waals surface area (Å²) in [7, 11) is 0. The lowest BCUT2D eigenvalue weighted by Gasteiger charge is -2.09. The van der Waals surface area contributed by atoms with E-state index in [-0.39, 0.29) is 18.0 Å². The van der Waals surface area contributed by atoms with E-state index in [9.17, 15) is 14.4 Å². The van der Waals surface area contributed by atoms with Gasteiger partial charge in [0.15, 0.2) is 0 Å². The maximum Gasteiger partial charge on any atom is 0.266 e. The minimum atomic E-state index is -0.478. The number of amides is 1. The van der Waals surface area contributed by atoms with Crippen molar-refractivity contribution < 1.29 is 13.9 Å². The lowest BCUT2D eigenvalue weighted by Crippen LogP contribution is -2.13. The van der Waals surface area contributed by atoms with Crippen LogP contribution >= 0.6 is 15.9 Å². The van der Waals surface area contributed by atoms with Crippen LogP contribution in [0.25, 0.3) is 6.08 Å². The molecule has 0 bridgehead atoms. The molecule has 0 aliphatic carbocycles. The summed E-state index contributed by atoms with van der Waals surface area (Å²) in [6.07, 6.45) is 1.51. The SMILES string of the molecule is Cc1ccc(NC(=O)C(C#N)=Cc2ccc(OCc3ccc(F)cc3)c(Br)c2)cc1. The van der Waals surface area contributed by atoms with E-state index >= 15 is 0 Å². The van der Waals surface area contributed by atoms with Crippen LogP contribution in [0.2, 0.25) is 0 Å². The maximum absolute atomic E-state index is 13.0. The predicted octanol–water partition coefficient (Wildman–Crippen LogP) is 6.02. The first-order valence-corrected chi connectivity index (χ1v) is 9.90. The molecule has 0 atom stereocenters. The smallest absolute Gasteiger partial charge is 0.266 e. The number of nitrogens with zero attached hydrogens (tertiary/aromatic N) is 1. The molecular formula is C24H18BrFN2O2. The molecule has 4 nitrogen and oxygen atoms in total. The molecule has 0 unspecified atom stereocenters. The number of hydrogen-bond acceptors (Lipinski definition) is 3. The number of aryl methyl sites for hydroxylation is 1. The first kappa shape index (κ1) is 21.3. The highest BCUT2D eigenvalue weighted by Gasteiger charge is 2.10. The van der Waals surface area contributed by atoms with Gasteiger partial charge in [-0.3, -0.25) is 4.79 Å². The highest BCUT2D eigenvalue weighted by Crippen LogP contribution is 2.28. The Morgan fingerprint density at radius 1 is 1.13 bits per heavy atom. The highest BCUT2D eigenvalue weighted by molar-refractivity contribution is 9.10. The zero-order chi connectivity index (χ0) is 21.5. The second-order valence-corrected chi connectivity index (χ2v) is 7.45. The van der Waals surface area contributed by atoms with Crippen molar-refractivity contribution in [1.29, 1.82) is 5.26 Å². The van der Waals surface area contributed by atoms with Crippen molar-refractivity contribution in [2.45, 2.75) is 13.5 Å². The molecule has 0 spiro atoms. The van der Waals surface area contributed by atoms with Crippen LogP contribution in [0.4, 0.5) is 10.1 Å². The average Bonchev–Trinajstić information content (AvgIpc) is 2.74. The number of rotatable bonds is 6. The van der Waals surface area contributed by atoms with Gasteiger partial charge in [0.1, 0.15) is 29.8 Å². The first-order valence-electron chi connectivity index (χ1n) is 9.11. The third-order valence-electron chi connectivity index (χ3n) is 4.25. The first-order chi connectivity index (χ1) is 14.4. The lowest BCUT2D eigenvalue weighted by molar-refractivity contribution is -0.112. The zero-order valence-electron chi connectivity index (χ0n) is 16.2. The standard InChI is InChI=1S/C24H18BrFN2O2/c1-16-2-9-21(10-3-16)28-24(29)19(14-27)12-18-6-11-23(22(25)13-18)30-15-17-4-7-20(26)8-5-17/h2-13H,15H2,1H3,(H,28,29). The van der Waals surface area contributed by atoms with Crippen molar-refractivity contribution in [3.05, 3.63) is 99.3 Å². The summed E-state index contributed by atoms with van der Waals surface area (Å²) >= 11 is 3.44. The maximum atomic E-state index is 13.0. The summed E-state index contributed by atoms with van der Waals surface area (Å²) in [5, 5.41) is 12.1. The molecule has 0 aromatic heterocycles. The van der Waals surface area contributed by atoms with Crippen molar-refractivity contribution in [2.75, 3.05) is 5.32 Å². The molecular weight excluding hydrogens is 447 g/mol. The van der Waals surface area contributed by atoms with Crippen molar-refractivity contribution in [3.8, 4) is 11.8 Å². The Balaban J connectivity index is 1.69. The van der Waals surface area contributed by atoms with Gasteiger partial charge in [-0.2, -0.15) is 5.26 Å². The molecule has 0 radical (unpaired) electrons. The number of carbonyl (C=O) groups is 1. The third-order valence-corrected chi connectivity index (χ3v) is 4.87. The minimum absolute atomic E-state index is 0.0116. The second-order valence-electron chi connectivity index (χ2n) is 6.59. The van der Waals surface area contributed by atoms with Crippen molar-refractivity contribution in [3.63, 3.8) is 0 Å². The van der Waals surface area contributed by atoms with Crippen LogP contribution < -0.4 is 10.1 Å². The van der Waals surface area contributed by atoms with E-state index in [4.69, 9.17) is 4.74 Å². The molecule has 0 aliphatic heterocycles. The topological polar surface area (TPSA) is 62.1 Å². The molecule has 150 valence electrons. The predicted molar refractivity (Wildman–Crippen MR) is 118 cm³/mol. The molecule has 6 heteroatoms. The number of nitriles is 1. The molecule has 0 aliphatic rings. The molecule has 0 saturated heterocycles. The van der Waals surface area contributed by atoms with Crippen LogP contribution in [0.5, 0.6) is 5.75 Å². The summed E-state index contributed by atoms with van der Waals surface area (Å²) in [4.78, 5) is 12.4. The van der Waals surface area contributed by atoms with Crippen molar-refractivity contribution in [1.82, 2.24) is 0 Å². The quantitative estimate of drug-likeness (QED) is 0.358. The fourth-order valence-corrected chi connectivity index (χ4v) is 3.13. The van der Waals surface area contributed by atoms with Gasteiger partial charge in [-0.15, -0.1) is 0 Å². The second kappa shape index (κ2) is 9.86. The molecule has 3 aromatic carbocycles. The van der Waals surface area contributed by atoms with Crippen molar-refractivity contribution >= 4 is 33.6 Å². The Morgan fingerprint density at radius 3 is 2.47 bits per heavy atom. The molecule has 0 saturated carbocycles. The van der Waals surface area contributed by atoms with E-state index in [1.165, 1.54) is 18.2 Å². The lowest BCUT2D eigenvalue weighted by atomic mass is 10.1. The number of hydrogen-bond donors (Lipinski definition) is 1. The van der Waals surface area contributed by atoms with E-state index < -0.39 is 5.91 Å². The van der Waals surface area contributed by atoms with Crippen LogP contribution in [0, 0.1) is 24.1 Å². The number of carbonyl (C=O) groups excluding carboxylic acids is 1. The monoisotopic (exact) mass is 464 g/mol. The summed E-state index contributed by atoms with van der Waals surface area (Å²) in [5.74, 6) is -0.177. The van der Waals surface area contributed by atoms with Crippen LogP contribution in [-0.4, -0.2) is 5.91 Å². The fraction of sp³-hybridized carbons (Fsp3) is 0.0833. The van der Waals surface area contributed by atoms with E-state index in [0.29, 0.717) is 21.5 Å². The largest absolute Gasteiger partial charge is 0.488 e. The molecule has 0 heterocycles. The molecule has 3 aromatic rings. The van der Waals surface area contributed by atoms with E-state index in [1.807, 2.05) is 25.1 Å². The summed E-state index contributed by atoms with van der Waals surface area (Å²) in [6, 6.07) is 20.6. The van der Waals surface area contributed by atoms with Gasteiger partial charge in [-0.1, -0.05) is 35.9 Å². The summed E-state index contributed by atoms with van der Waals surface area (Å²) < 4.78 is 19.4. The Bertz CT molecular complexity index is 1120. The number of nitrogens with one attached hydrogen (secondary N) is 1. The van der Waals surface area contributed by atoms with E-state index in [1.54, 1.807) is 42.5 Å².